The van der Waals surface area contributed by atoms with Gasteiger partial charge in [0.25, 0.3) is 5.91 Å². The van der Waals surface area contributed by atoms with Crippen LogP contribution < -0.4 is 9.75 Å². The van der Waals surface area contributed by atoms with E-state index in [1.165, 1.54) is 10.4 Å². The largest absolute Gasteiger partial charge is 0.492 e. The van der Waals surface area contributed by atoms with Crippen LogP contribution in [0.3, 0.4) is 0 Å². The third-order valence-corrected chi connectivity index (χ3v) is 6.63. The molecule has 0 radical (unpaired) electrons. The highest BCUT2D eigenvalue weighted by molar-refractivity contribution is 6.40. The molecule has 0 saturated carbocycles. The van der Waals surface area contributed by atoms with Crippen molar-refractivity contribution in [3.05, 3.63) is 72.3 Å². The van der Waals surface area contributed by atoms with Gasteiger partial charge >= 0.3 is 0 Å². The summed E-state index contributed by atoms with van der Waals surface area (Å²) in [4.78, 5) is 29.7. The fourth-order valence-electron chi connectivity index (χ4n) is 4.56. The van der Waals surface area contributed by atoms with Crippen LogP contribution in [0.4, 0.5) is 5.69 Å². The molecule has 1 saturated heterocycles. The number of benzene rings is 3. The first-order valence-corrected chi connectivity index (χ1v) is 12.2. The van der Waals surface area contributed by atoms with Gasteiger partial charge < -0.3 is 9.64 Å². The van der Waals surface area contributed by atoms with Gasteiger partial charge in [0.15, 0.2) is 0 Å². The van der Waals surface area contributed by atoms with Crippen molar-refractivity contribution in [1.29, 1.82) is 0 Å². The maximum Gasteiger partial charge on any atom is 0.270 e. The zero-order chi connectivity index (χ0) is 24.2. The fourth-order valence-corrected chi connectivity index (χ4v) is 4.56. The summed E-state index contributed by atoms with van der Waals surface area (Å²) in [7, 11) is 0. The summed E-state index contributed by atoms with van der Waals surface area (Å²) in [5, 5.41) is 8.11. The number of anilines is 1. The summed E-state index contributed by atoms with van der Waals surface area (Å²) in [6, 6.07) is 22.0. The summed E-state index contributed by atoms with van der Waals surface area (Å²) in [5.74, 6) is 0.752. The molecule has 0 atom stereocenters. The lowest BCUT2D eigenvalue weighted by Crippen LogP contribution is -2.52. The Morgan fingerprint density at radius 3 is 2.46 bits per heavy atom. The van der Waals surface area contributed by atoms with E-state index in [0.29, 0.717) is 43.9 Å². The third kappa shape index (κ3) is 5.20. The van der Waals surface area contributed by atoms with Gasteiger partial charge in [0, 0.05) is 51.0 Å². The molecule has 35 heavy (non-hydrogen) atoms. The first-order valence-electron chi connectivity index (χ1n) is 12.2. The highest BCUT2D eigenvalue weighted by Crippen LogP contribution is 2.25. The Morgan fingerprint density at radius 1 is 0.914 bits per heavy atom. The molecule has 0 aliphatic carbocycles. The van der Waals surface area contributed by atoms with Crippen LogP contribution in [0.1, 0.15) is 18.4 Å². The number of amides is 2. The van der Waals surface area contributed by atoms with E-state index in [2.05, 4.69) is 28.2 Å². The van der Waals surface area contributed by atoms with Crippen molar-refractivity contribution in [2.24, 2.45) is 5.10 Å². The first kappa shape index (κ1) is 23.1. The normalized spacial score (nSPS) is 16.9. The van der Waals surface area contributed by atoms with Gasteiger partial charge in [-0.15, -0.1) is 0 Å². The number of nitrogens with zero attached hydrogens (tertiary/aromatic N) is 4. The van der Waals surface area contributed by atoms with Crippen molar-refractivity contribution in [1.82, 2.24) is 9.80 Å². The molecule has 7 nitrogen and oxygen atoms in total. The van der Waals surface area contributed by atoms with Crippen molar-refractivity contribution in [2.75, 3.05) is 44.3 Å². The average Bonchev–Trinajstić information content (AvgIpc) is 2.90. The maximum absolute atomic E-state index is 13.1. The lowest BCUT2D eigenvalue weighted by molar-refractivity contribution is -0.126. The monoisotopic (exact) mass is 470 g/mol. The molecule has 3 aromatic carbocycles. The molecule has 5 rings (SSSR count). The highest BCUT2D eigenvalue weighted by atomic mass is 16.5. The number of aryl methyl sites for hydroxylation is 1. The van der Waals surface area contributed by atoms with E-state index in [0.717, 1.165) is 36.3 Å². The molecule has 7 heteroatoms. The number of fused-ring (bicyclic) bond motifs is 1. The summed E-state index contributed by atoms with van der Waals surface area (Å²) in [5.41, 5.74) is 2.26. The number of hydrazone groups is 1. The topological polar surface area (TPSA) is 65.5 Å². The van der Waals surface area contributed by atoms with Crippen LogP contribution in [0, 0.1) is 6.92 Å². The second-order valence-corrected chi connectivity index (χ2v) is 9.05. The number of carbonyl (C=O) groups excluding carboxylic acids is 2. The predicted octanol–water partition coefficient (Wildman–Crippen LogP) is 3.85. The number of hydrogen-bond donors (Lipinski definition) is 0. The number of rotatable bonds is 6. The van der Waals surface area contributed by atoms with Gasteiger partial charge in [0.2, 0.25) is 5.91 Å². The third-order valence-electron chi connectivity index (χ3n) is 6.63. The van der Waals surface area contributed by atoms with E-state index >= 15 is 0 Å². The molecule has 2 aliphatic heterocycles. The van der Waals surface area contributed by atoms with E-state index in [1.54, 1.807) is 0 Å². The molecule has 0 bridgehead atoms. The minimum atomic E-state index is -0.0820. The quantitative estimate of drug-likeness (QED) is 0.549. The first-order chi connectivity index (χ1) is 17.1. The fraction of sp³-hybridized carbons (Fsp3) is 0.321. The molecule has 0 N–H and O–H groups in total. The van der Waals surface area contributed by atoms with Crippen molar-refractivity contribution >= 4 is 34.0 Å². The Hall–Kier alpha value is -3.71. The summed E-state index contributed by atoms with van der Waals surface area (Å²) >= 11 is 0. The molecule has 1 fully saturated rings. The summed E-state index contributed by atoms with van der Waals surface area (Å²) in [6.45, 7) is 6.27. The van der Waals surface area contributed by atoms with Gasteiger partial charge in [0.1, 0.15) is 18.1 Å². The molecule has 0 spiro atoms. The minimum Gasteiger partial charge on any atom is -0.492 e. The zero-order valence-electron chi connectivity index (χ0n) is 20.0. The molecular weight excluding hydrogens is 440 g/mol. The van der Waals surface area contributed by atoms with Crippen LogP contribution >= 0.6 is 0 Å². The number of ether oxygens (including phenoxy) is 1. The number of piperazine rings is 1. The van der Waals surface area contributed by atoms with Crippen molar-refractivity contribution < 1.29 is 14.3 Å². The van der Waals surface area contributed by atoms with Gasteiger partial charge in [0.05, 0.1) is 5.69 Å². The van der Waals surface area contributed by atoms with Gasteiger partial charge in [-0.05, 0) is 30.5 Å². The molecule has 2 heterocycles. The zero-order valence-corrected chi connectivity index (χ0v) is 20.0. The second-order valence-electron chi connectivity index (χ2n) is 9.05. The molecule has 2 amide bonds. The summed E-state index contributed by atoms with van der Waals surface area (Å²) in [6.07, 6.45) is 0.684. The van der Waals surface area contributed by atoms with E-state index in [-0.39, 0.29) is 11.8 Å². The highest BCUT2D eigenvalue weighted by Gasteiger charge is 2.30. The van der Waals surface area contributed by atoms with Crippen molar-refractivity contribution in [3.63, 3.8) is 0 Å². The van der Waals surface area contributed by atoms with Crippen LogP contribution in [0.25, 0.3) is 10.8 Å². The predicted molar refractivity (Wildman–Crippen MR) is 138 cm³/mol. The number of hydrogen-bond acceptors (Lipinski definition) is 5. The minimum absolute atomic E-state index is 0.0683. The van der Waals surface area contributed by atoms with Gasteiger partial charge in [-0.3, -0.25) is 14.5 Å². The standard InChI is InChI=1S/C28H30N4O3/c1-21-9-11-23(12-10-21)32-27(33)14-13-25(29-32)28(34)31-17-15-30(16-18-31)19-20-35-26-8-4-6-22-5-2-3-7-24(22)26/h2-12H,13-20H2,1H3. The van der Waals surface area contributed by atoms with E-state index < -0.39 is 0 Å². The Labute approximate surface area is 205 Å². The van der Waals surface area contributed by atoms with Crippen LogP contribution in [0.15, 0.2) is 71.8 Å². The molecule has 180 valence electrons. The van der Waals surface area contributed by atoms with Crippen LogP contribution in [0.2, 0.25) is 0 Å². The van der Waals surface area contributed by atoms with Crippen LogP contribution in [-0.2, 0) is 9.59 Å². The van der Waals surface area contributed by atoms with Crippen molar-refractivity contribution in [3.8, 4) is 5.75 Å². The average molecular weight is 471 g/mol. The van der Waals surface area contributed by atoms with E-state index in [4.69, 9.17) is 4.74 Å². The Balaban J connectivity index is 1.14. The van der Waals surface area contributed by atoms with E-state index in [1.807, 2.05) is 60.4 Å². The van der Waals surface area contributed by atoms with Crippen LogP contribution in [-0.4, -0.2) is 66.7 Å². The van der Waals surface area contributed by atoms with Crippen molar-refractivity contribution in [2.45, 2.75) is 19.8 Å². The second kappa shape index (κ2) is 10.3. The molecule has 0 aromatic heterocycles. The van der Waals surface area contributed by atoms with Gasteiger partial charge in [-0.2, -0.15) is 5.10 Å². The smallest absolute Gasteiger partial charge is 0.270 e. The molecule has 0 unspecified atom stereocenters. The lowest BCUT2D eigenvalue weighted by Gasteiger charge is -2.35. The number of carbonyl (C=O) groups is 2. The molecule has 2 aliphatic rings. The van der Waals surface area contributed by atoms with Gasteiger partial charge in [-0.1, -0.05) is 54.1 Å². The molecular formula is C28H30N4O3. The lowest BCUT2D eigenvalue weighted by atomic mass is 10.1. The maximum atomic E-state index is 13.1. The van der Waals surface area contributed by atoms with Crippen LogP contribution in [0.5, 0.6) is 5.75 Å². The van der Waals surface area contributed by atoms with Gasteiger partial charge in [-0.25, -0.2) is 5.01 Å². The SMILES string of the molecule is Cc1ccc(N2N=C(C(=O)N3CCN(CCOc4cccc5ccccc45)CC3)CCC2=O)cc1. The molecule has 3 aromatic rings. The Kier molecular flexibility index (Phi) is 6.77. The summed E-state index contributed by atoms with van der Waals surface area (Å²) < 4.78 is 6.08. The van der Waals surface area contributed by atoms with E-state index in [9.17, 15) is 9.59 Å². The Morgan fingerprint density at radius 2 is 1.66 bits per heavy atom. The Bertz CT molecular complexity index is 1240.